The number of benzene rings is 1. The first kappa shape index (κ1) is 16.6. The van der Waals surface area contributed by atoms with E-state index in [-0.39, 0.29) is 11.4 Å². The van der Waals surface area contributed by atoms with Crippen molar-refractivity contribution in [3.05, 3.63) is 52.2 Å². The Morgan fingerprint density at radius 1 is 1.16 bits per heavy atom. The van der Waals surface area contributed by atoms with E-state index in [2.05, 4.69) is 10.3 Å². The molecule has 0 aliphatic rings. The number of anilines is 2. The van der Waals surface area contributed by atoms with E-state index in [1.165, 1.54) is 15.2 Å². The smallest absolute Gasteiger partial charge is 0.354 e. The standard InChI is InChI=1S/C16H12F3N5O/c1-23-12-4-3-9(7-13(12)24(2)15(23)25)22-11-5-6-21-14(10(11)8-20)16(17,18)19/h3-7H,1-2H3,(H,21,22). The number of aryl methyl sites for hydroxylation is 2. The third kappa shape index (κ3) is 2.71. The van der Waals surface area contributed by atoms with E-state index in [1.807, 2.05) is 0 Å². The number of hydrogen-bond donors (Lipinski definition) is 1. The predicted octanol–water partition coefficient (Wildman–Crippen LogP) is 2.91. The average Bonchev–Trinajstić information content (AvgIpc) is 2.78. The van der Waals surface area contributed by atoms with Crippen molar-refractivity contribution in [3.8, 4) is 6.07 Å². The molecule has 0 atom stereocenters. The number of nitrogens with zero attached hydrogens (tertiary/aromatic N) is 4. The number of alkyl halides is 3. The molecule has 25 heavy (non-hydrogen) atoms. The van der Waals surface area contributed by atoms with Gasteiger partial charge in [0.2, 0.25) is 0 Å². The molecule has 0 spiro atoms. The highest BCUT2D eigenvalue weighted by Crippen LogP contribution is 2.34. The second kappa shape index (κ2) is 5.66. The van der Waals surface area contributed by atoms with Crippen LogP contribution in [-0.4, -0.2) is 14.1 Å². The molecule has 6 nitrogen and oxygen atoms in total. The van der Waals surface area contributed by atoms with E-state index in [0.29, 0.717) is 16.7 Å². The zero-order chi connectivity index (χ0) is 18.4. The highest BCUT2D eigenvalue weighted by Gasteiger charge is 2.36. The Morgan fingerprint density at radius 2 is 1.84 bits per heavy atom. The van der Waals surface area contributed by atoms with Crippen LogP contribution in [0.4, 0.5) is 24.5 Å². The van der Waals surface area contributed by atoms with Gasteiger partial charge >= 0.3 is 11.9 Å². The van der Waals surface area contributed by atoms with Crippen molar-refractivity contribution in [3.63, 3.8) is 0 Å². The van der Waals surface area contributed by atoms with Gasteiger partial charge in [-0.05, 0) is 24.3 Å². The number of halogens is 3. The number of aromatic nitrogens is 3. The summed E-state index contributed by atoms with van der Waals surface area (Å²) >= 11 is 0. The Balaban J connectivity index is 2.10. The van der Waals surface area contributed by atoms with Crippen LogP contribution in [-0.2, 0) is 20.3 Å². The lowest BCUT2D eigenvalue weighted by atomic mass is 10.1. The van der Waals surface area contributed by atoms with Gasteiger partial charge in [0.05, 0.1) is 16.7 Å². The van der Waals surface area contributed by atoms with E-state index in [1.54, 1.807) is 38.4 Å². The second-order valence-corrected chi connectivity index (χ2v) is 5.42. The topological polar surface area (TPSA) is 75.6 Å². The van der Waals surface area contributed by atoms with Crippen LogP contribution >= 0.6 is 0 Å². The number of nitrogens with one attached hydrogen (secondary N) is 1. The lowest BCUT2D eigenvalue weighted by Gasteiger charge is -2.13. The summed E-state index contributed by atoms with van der Waals surface area (Å²) in [7, 11) is 3.23. The summed E-state index contributed by atoms with van der Waals surface area (Å²) in [6.45, 7) is 0. The summed E-state index contributed by atoms with van der Waals surface area (Å²) in [5, 5.41) is 11.9. The molecular weight excluding hydrogens is 335 g/mol. The SMILES string of the molecule is Cn1c(=O)n(C)c2cc(Nc3ccnc(C(F)(F)F)c3C#N)ccc21. The molecule has 0 aliphatic carbocycles. The molecule has 0 aliphatic heterocycles. The van der Waals surface area contributed by atoms with E-state index >= 15 is 0 Å². The van der Waals surface area contributed by atoms with E-state index < -0.39 is 17.4 Å². The van der Waals surface area contributed by atoms with Gasteiger partial charge in [0, 0.05) is 26.0 Å². The van der Waals surface area contributed by atoms with Gasteiger partial charge in [-0.2, -0.15) is 18.4 Å². The Morgan fingerprint density at radius 3 is 2.48 bits per heavy atom. The highest BCUT2D eigenvalue weighted by atomic mass is 19.4. The summed E-state index contributed by atoms with van der Waals surface area (Å²) in [4.78, 5) is 15.2. The molecule has 9 heteroatoms. The molecule has 1 N–H and O–H groups in total. The van der Waals surface area contributed by atoms with Crippen molar-refractivity contribution in [2.75, 3.05) is 5.32 Å². The molecule has 0 radical (unpaired) electrons. The Labute approximate surface area is 139 Å². The van der Waals surface area contributed by atoms with Gasteiger partial charge in [0.1, 0.15) is 11.6 Å². The number of hydrogen-bond acceptors (Lipinski definition) is 4. The van der Waals surface area contributed by atoms with Crippen molar-refractivity contribution in [1.29, 1.82) is 5.26 Å². The molecular formula is C16H12F3N5O. The molecule has 2 heterocycles. The average molecular weight is 347 g/mol. The van der Waals surface area contributed by atoms with Crippen LogP contribution in [0.2, 0.25) is 0 Å². The maximum atomic E-state index is 13.0. The van der Waals surface area contributed by atoms with Gasteiger partial charge in [-0.25, -0.2) is 4.79 Å². The number of fused-ring (bicyclic) bond motifs is 1. The maximum absolute atomic E-state index is 13.0. The molecule has 2 aromatic heterocycles. The zero-order valence-electron chi connectivity index (χ0n) is 13.2. The van der Waals surface area contributed by atoms with Crippen molar-refractivity contribution in [1.82, 2.24) is 14.1 Å². The van der Waals surface area contributed by atoms with Gasteiger partial charge in [-0.15, -0.1) is 0 Å². The molecule has 3 aromatic rings. The summed E-state index contributed by atoms with van der Waals surface area (Å²) in [6, 6.07) is 7.77. The first-order valence-electron chi connectivity index (χ1n) is 7.13. The maximum Gasteiger partial charge on any atom is 0.434 e. The lowest BCUT2D eigenvalue weighted by Crippen LogP contribution is -2.19. The minimum Gasteiger partial charge on any atom is -0.354 e. The summed E-state index contributed by atoms with van der Waals surface area (Å²) < 4.78 is 41.8. The monoisotopic (exact) mass is 347 g/mol. The number of nitriles is 1. The van der Waals surface area contributed by atoms with Gasteiger partial charge in [0.15, 0.2) is 5.69 Å². The third-order valence-electron chi connectivity index (χ3n) is 3.88. The molecule has 3 rings (SSSR count). The quantitative estimate of drug-likeness (QED) is 0.773. The lowest BCUT2D eigenvalue weighted by molar-refractivity contribution is -0.141. The largest absolute Gasteiger partial charge is 0.434 e. The summed E-state index contributed by atoms with van der Waals surface area (Å²) in [5.41, 5.74) is -0.307. The van der Waals surface area contributed by atoms with Crippen molar-refractivity contribution < 1.29 is 13.2 Å². The Bertz CT molecular complexity index is 1070. The van der Waals surface area contributed by atoms with Crippen LogP contribution < -0.4 is 11.0 Å². The van der Waals surface area contributed by atoms with Crippen LogP contribution in [0.25, 0.3) is 11.0 Å². The normalized spacial score (nSPS) is 11.5. The zero-order valence-corrected chi connectivity index (χ0v) is 13.2. The number of imidazole rings is 1. The molecule has 0 amide bonds. The molecule has 0 fully saturated rings. The summed E-state index contributed by atoms with van der Waals surface area (Å²) in [5.74, 6) is 0. The van der Waals surface area contributed by atoms with E-state index in [9.17, 15) is 18.0 Å². The fraction of sp³-hybridized carbons (Fsp3) is 0.188. The molecule has 0 bridgehead atoms. The third-order valence-corrected chi connectivity index (χ3v) is 3.88. The van der Waals surface area contributed by atoms with Crippen LogP contribution in [0.1, 0.15) is 11.3 Å². The van der Waals surface area contributed by atoms with Gasteiger partial charge in [0.25, 0.3) is 0 Å². The van der Waals surface area contributed by atoms with Gasteiger partial charge < -0.3 is 5.32 Å². The highest BCUT2D eigenvalue weighted by molar-refractivity contribution is 5.82. The number of rotatable bonds is 2. The van der Waals surface area contributed by atoms with E-state index in [4.69, 9.17) is 5.26 Å². The van der Waals surface area contributed by atoms with Crippen LogP contribution in [0, 0.1) is 11.3 Å². The fourth-order valence-electron chi connectivity index (χ4n) is 2.63. The van der Waals surface area contributed by atoms with Crippen LogP contribution in [0.5, 0.6) is 0 Å². The number of pyridine rings is 1. The molecule has 0 unspecified atom stereocenters. The molecule has 0 saturated heterocycles. The van der Waals surface area contributed by atoms with Gasteiger partial charge in [-0.1, -0.05) is 0 Å². The van der Waals surface area contributed by atoms with Gasteiger partial charge in [-0.3, -0.25) is 14.1 Å². The molecule has 0 saturated carbocycles. The first-order valence-corrected chi connectivity index (χ1v) is 7.13. The Hall–Kier alpha value is -3.28. The summed E-state index contributed by atoms with van der Waals surface area (Å²) in [6.07, 6.45) is -3.74. The molecule has 1 aromatic carbocycles. The first-order chi connectivity index (χ1) is 11.7. The minimum absolute atomic E-state index is 0.00916. The fourth-order valence-corrected chi connectivity index (χ4v) is 2.63. The van der Waals surface area contributed by atoms with Crippen LogP contribution in [0.15, 0.2) is 35.3 Å². The minimum atomic E-state index is -4.73. The van der Waals surface area contributed by atoms with Crippen molar-refractivity contribution >= 4 is 22.4 Å². The second-order valence-electron chi connectivity index (χ2n) is 5.42. The van der Waals surface area contributed by atoms with Crippen molar-refractivity contribution in [2.24, 2.45) is 14.1 Å². The van der Waals surface area contributed by atoms with Crippen molar-refractivity contribution in [2.45, 2.75) is 6.18 Å². The molecule has 128 valence electrons. The predicted molar refractivity (Wildman–Crippen MR) is 85.4 cm³/mol. The van der Waals surface area contributed by atoms with E-state index in [0.717, 1.165) is 6.20 Å². The van der Waals surface area contributed by atoms with Crippen LogP contribution in [0.3, 0.4) is 0 Å². The Kier molecular flexibility index (Phi) is 3.75.